The molecule has 2 rings (SSSR count). The van der Waals surface area contributed by atoms with Crippen molar-refractivity contribution < 1.29 is 4.74 Å². The maximum Gasteiger partial charge on any atom is 0.185 e. The van der Waals surface area contributed by atoms with Crippen LogP contribution in [-0.2, 0) is 11.3 Å². The van der Waals surface area contributed by atoms with Crippen molar-refractivity contribution in [2.24, 2.45) is 0 Å². The SMILES string of the molecule is COCc1csc(N2CCNCC2)n1. The van der Waals surface area contributed by atoms with Gasteiger partial charge in [0, 0.05) is 38.7 Å². The molecule has 1 saturated heterocycles. The summed E-state index contributed by atoms with van der Waals surface area (Å²) in [5.41, 5.74) is 1.03. The maximum atomic E-state index is 5.04. The molecule has 0 aliphatic carbocycles. The zero-order valence-electron chi connectivity index (χ0n) is 8.32. The summed E-state index contributed by atoms with van der Waals surface area (Å²) < 4.78 is 5.04. The van der Waals surface area contributed by atoms with Crippen molar-refractivity contribution in [3.8, 4) is 0 Å². The van der Waals surface area contributed by atoms with Crippen molar-refractivity contribution in [3.63, 3.8) is 0 Å². The van der Waals surface area contributed by atoms with Crippen LogP contribution in [-0.4, -0.2) is 38.3 Å². The summed E-state index contributed by atoms with van der Waals surface area (Å²) in [6.07, 6.45) is 0. The van der Waals surface area contributed by atoms with Crippen LogP contribution in [0.2, 0.25) is 0 Å². The van der Waals surface area contributed by atoms with E-state index >= 15 is 0 Å². The standard InChI is InChI=1S/C9H15N3OS/c1-13-6-8-7-14-9(11-8)12-4-2-10-3-5-12/h7,10H,2-6H2,1H3. The molecule has 0 atom stereocenters. The molecule has 0 spiro atoms. The lowest BCUT2D eigenvalue weighted by atomic mass is 10.4. The van der Waals surface area contributed by atoms with Crippen LogP contribution in [0.1, 0.15) is 5.69 Å². The Labute approximate surface area is 87.9 Å². The van der Waals surface area contributed by atoms with Crippen molar-refractivity contribution in [1.82, 2.24) is 10.3 Å². The summed E-state index contributed by atoms with van der Waals surface area (Å²) in [4.78, 5) is 6.84. The van der Waals surface area contributed by atoms with Crippen molar-refractivity contribution in [2.45, 2.75) is 6.61 Å². The molecule has 2 heterocycles. The third kappa shape index (κ3) is 2.23. The molecule has 0 amide bonds. The predicted octanol–water partition coefficient (Wildman–Crippen LogP) is 0.699. The van der Waals surface area contributed by atoms with Crippen LogP contribution in [0.25, 0.3) is 0 Å². The number of nitrogens with zero attached hydrogens (tertiary/aromatic N) is 2. The number of piperazine rings is 1. The van der Waals surface area contributed by atoms with E-state index in [0.29, 0.717) is 6.61 Å². The molecule has 5 heteroatoms. The van der Waals surface area contributed by atoms with Crippen molar-refractivity contribution in [2.75, 3.05) is 38.2 Å². The highest BCUT2D eigenvalue weighted by Gasteiger charge is 2.13. The highest BCUT2D eigenvalue weighted by Crippen LogP contribution is 2.20. The van der Waals surface area contributed by atoms with Crippen LogP contribution < -0.4 is 10.2 Å². The molecule has 0 unspecified atom stereocenters. The zero-order chi connectivity index (χ0) is 9.80. The van der Waals surface area contributed by atoms with E-state index in [4.69, 9.17) is 4.74 Å². The van der Waals surface area contributed by atoms with Gasteiger partial charge in [0.15, 0.2) is 5.13 Å². The highest BCUT2D eigenvalue weighted by atomic mass is 32.1. The van der Waals surface area contributed by atoms with E-state index in [1.54, 1.807) is 18.4 Å². The fourth-order valence-electron chi connectivity index (χ4n) is 1.51. The Morgan fingerprint density at radius 3 is 3.07 bits per heavy atom. The second kappa shape index (κ2) is 4.72. The molecule has 1 N–H and O–H groups in total. The van der Waals surface area contributed by atoms with E-state index < -0.39 is 0 Å². The normalized spacial score (nSPS) is 17.4. The number of anilines is 1. The van der Waals surface area contributed by atoms with Crippen LogP contribution in [0.3, 0.4) is 0 Å². The molecule has 1 aromatic heterocycles. The van der Waals surface area contributed by atoms with E-state index in [2.05, 4.69) is 20.6 Å². The Balaban J connectivity index is 2.00. The first-order chi connectivity index (χ1) is 6.90. The van der Waals surface area contributed by atoms with Gasteiger partial charge in [-0.15, -0.1) is 11.3 Å². The van der Waals surface area contributed by atoms with Gasteiger partial charge in [0.1, 0.15) is 0 Å². The van der Waals surface area contributed by atoms with Gasteiger partial charge in [-0.1, -0.05) is 0 Å². The molecule has 0 bridgehead atoms. The van der Waals surface area contributed by atoms with Gasteiger partial charge in [-0.3, -0.25) is 0 Å². The number of hydrogen-bond donors (Lipinski definition) is 1. The second-order valence-electron chi connectivity index (χ2n) is 3.29. The topological polar surface area (TPSA) is 37.4 Å². The van der Waals surface area contributed by atoms with Crippen LogP contribution in [0.15, 0.2) is 5.38 Å². The number of nitrogens with one attached hydrogen (secondary N) is 1. The molecular weight excluding hydrogens is 198 g/mol. The number of ether oxygens (including phenoxy) is 1. The Kier molecular flexibility index (Phi) is 3.34. The van der Waals surface area contributed by atoms with Gasteiger partial charge in [-0.25, -0.2) is 4.98 Å². The maximum absolute atomic E-state index is 5.04. The minimum absolute atomic E-state index is 0.614. The summed E-state index contributed by atoms with van der Waals surface area (Å²) in [6, 6.07) is 0. The Morgan fingerprint density at radius 1 is 1.57 bits per heavy atom. The first-order valence-electron chi connectivity index (χ1n) is 4.79. The Bertz CT molecular complexity index is 283. The first kappa shape index (κ1) is 9.89. The smallest absolute Gasteiger partial charge is 0.185 e. The average molecular weight is 213 g/mol. The molecule has 0 saturated carbocycles. The summed E-state index contributed by atoms with van der Waals surface area (Å²) >= 11 is 1.70. The molecule has 1 aliphatic heterocycles. The molecule has 78 valence electrons. The van der Waals surface area contributed by atoms with E-state index in [9.17, 15) is 0 Å². The highest BCUT2D eigenvalue weighted by molar-refractivity contribution is 7.13. The lowest BCUT2D eigenvalue weighted by Crippen LogP contribution is -2.43. The minimum atomic E-state index is 0.614. The van der Waals surface area contributed by atoms with E-state index in [0.717, 1.165) is 37.0 Å². The molecular formula is C9H15N3OS. The Hall–Kier alpha value is -0.650. The first-order valence-corrected chi connectivity index (χ1v) is 5.67. The number of hydrogen-bond acceptors (Lipinski definition) is 5. The minimum Gasteiger partial charge on any atom is -0.378 e. The number of thiazole rings is 1. The second-order valence-corrected chi connectivity index (χ2v) is 4.13. The van der Waals surface area contributed by atoms with Gasteiger partial charge < -0.3 is 15.0 Å². The van der Waals surface area contributed by atoms with Crippen molar-refractivity contribution in [1.29, 1.82) is 0 Å². The van der Waals surface area contributed by atoms with E-state index in [1.807, 2.05) is 0 Å². The van der Waals surface area contributed by atoms with Crippen LogP contribution in [0.5, 0.6) is 0 Å². The number of rotatable bonds is 3. The molecule has 1 aliphatic rings. The molecule has 0 aromatic carbocycles. The number of methoxy groups -OCH3 is 1. The van der Waals surface area contributed by atoms with Gasteiger partial charge in [-0.05, 0) is 0 Å². The quantitative estimate of drug-likeness (QED) is 0.802. The Morgan fingerprint density at radius 2 is 2.36 bits per heavy atom. The summed E-state index contributed by atoms with van der Waals surface area (Å²) in [7, 11) is 1.70. The zero-order valence-corrected chi connectivity index (χ0v) is 9.14. The predicted molar refractivity (Wildman–Crippen MR) is 57.9 cm³/mol. The molecule has 14 heavy (non-hydrogen) atoms. The fourth-order valence-corrected chi connectivity index (χ4v) is 2.38. The fraction of sp³-hybridized carbons (Fsp3) is 0.667. The molecule has 1 aromatic rings. The molecule has 0 radical (unpaired) electrons. The van der Waals surface area contributed by atoms with E-state index in [-0.39, 0.29) is 0 Å². The van der Waals surface area contributed by atoms with Crippen LogP contribution in [0, 0.1) is 0 Å². The lowest BCUT2D eigenvalue weighted by Gasteiger charge is -2.26. The van der Waals surface area contributed by atoms with Crippen molar-refractivity contribution >= 4 is 16.5 Å². The lowest BCUT2D eigenvalue weighted by molar-refractivity contribution is 0.182. The van der Waals surface area contributed by atoms with E-state index in [1.165, 1.54) is 0 Å². The van der Waals surface area contributed by atoms with Gasteiger partial charge in [0.2, 0.25) is 0 Å². The summed E-state index contributed by atoms with van der Waals surface area (Å²) in [5.74, 6) is 0. The third-order valence-electron chi connectivity index (χ3n) is 2.22. The number of aromatic nitrogens is 1. The summed E-state index contributed by atoms with van der Waals surface area (Å²) in [6.45, 7) is 4.83. The molecule has 4 nitrogen and oxygen atoms in total. The van der Waals surface area contributed by atoms with Crippen molar-refractivity contribution in [3.05, 3.63) is 11.1 Å². The van der Waals surface area contributed by atoms with Crippen LogP contribution >= 0.6 is 11.3 Å². The van der Waals surface area contributed by atoms with Crippen LogP contribution in [0.4, 0.5) is 5.13 Å². The monoisotopic (exact) mass is 213 g/mol. The molecule has 1 fully saturated rings. The third-order valence-corrected chi connectivity index (χ3v) is 3.17. The summed E-state index contributed by atoms with van der Waals surface area (Å²) in [5, 5.41) is 6.52. The van der Waals surface area contributed by atoms with Gasteiger partial charge in [0.25, 0.3) is 0 Å². The average Bonchev–Trinajstić information content (AvgIpc) is 2.68. The van der Waals surface area contributed by atoms with Gasteiger partial charge in [0.05, 0.1) is 12.3 Å². The van der Waals surface area contributed by atoms with Gasteiger partial charge in [-0.2, -0.15) is 0 Å². The van der Waals surface area contributed by atoms with Gasteiger partial charge >= 0.3 is 0 Å². The largest absolute Gasteiger partial charge is 0.378 e.